The minimum Gasteiger partial charge on any atom is -0.456 e. The predicted molar refractivity (Wildman–Crippen MR) is 146 cm³/mol. The van der Waals surface area contributed by atoms with Crippen LogP contribution in [-0.2, 0) is 0 Å². The number of hydrogen-bond acceptors (Lipinski definition) is 4. The zero-order chi connectivity index (χ0) is 24.1. The predicted octanol–water partition coefficient (Wildman–Crippen LogP) is 8.58. The van der Waals surface area contributed by atoms with E-state index in [0.29, 0.717) is 22.5 Å². The van der Waals surface area contributed by atoms with Gasteiger partial charge >= 0.3 is 0 Å². The van der Waals surface area contributed by atoms with Crippen LogP contribution in [0.3, 0.4) is 0 Å². The number of halogens is 1. The molecule has 4 nitrogen and oxygen atoms in total. The number of furan rings is 1. The third-order valence-corrected chi connectivity index (χ3v) is 6.60. The second kappa shape index (κ2) is 8.29. The zero-order valence-electron chi connectivity index (χ0n) is 19.0. The van der Waals surface area contributed by atoms with Gasteiger partial charge in [0.1, 0.15) is 11.2 Å². The number of nitrogens with zero attached hydrogens (tertiary/aromatic N) is 3. The lowest BCUT2D eigenvalue weighted by Gasteiger charge is -2.09. The van der Waals surface area contributed by atoms with Crippen LogP contribution in [0.2, 0.25) is 5.02 Å². The molecular weight excluding hydrogens is 466 g/mol. The van der Waals surface area contributed by atoms with Crippen molar-refractivity contribution in [3.63, 3.8) is 0 Å². The Labute approximate surface area is 211 Å². The van der Waals surface area contributed by atoms with Gasteiger partial charge in [-0.05, 0) is 41.1 Å². The van der Waals surface area contributed by atoms with E-state index >= 15 is 0 Å². The summed E-state index contributed by atoms with van der Waals surface area (Å²) in [6.07, 6.45) is 0. The zero-order valence-corrected chi connectivity index (χ0v) is 19.8. The van der Waals surface area contributed by atoms with Crippen LogP contribution in [0.15, 0.2) is 114 Å². The first kappa shape index (κ1) is 20.8. The van der Waals surface area contributed by atoms with Crippen molar-refractivity contribution < 1.29 is 4.42 Å². The Morgan fingerprint density at radius 3 is 1.83 bits per heavy atom. The number of rotatable bonds is 3. The van der Waals surface area contributed by atoms with Gasteiger partial charge in [0, 0.05) is 38.6 Å². The standard InChI is InChI=1S/C31H18ClN3O/c32-24-13-15-26-25-14-12-23(17-27(25)36-28(26)18-24)31-34-29(20-7-2-1-3-8-20)33-30(35-31)22-11-10-19-6-4-5-9-21(19)16-22/h1-18H. The van der Waals surface area contributed by atoms with Crippen molar-refractivity contribution in [1.29, 1.82) is 0 Å². The maximum Gasteiger partial charge on any atom is 0.164 e. The Morgan fingerprint density at radius 1 is 0.472 bits per heavy atom. The average molecular weight is 484 g/mol. The molecule has 5 heteroatoms. The molecule has 0 saturated heterocycles. The Kier molecular flexibility index (Phi) is 4.79. The molecule has 0 bridgehead atoms. The molecule has 0 aliphatic heterocycles. The maximum absolute atomic E-state index is 6.17. The van der Waals surface area contributed by atoms with E-state index in [4.69, 9.17) is 31.0 Å². The largest absolute Gasteiger partial charge is 0.456 e. The van der Waals surface area contributed by atoms with E-state index in [1.807, 2.05) is 78.9 Å². The van der Waals surface area contributed by atoms with Gasteiger partial charge in [-0.3, -0.25) is 0 Å². The van der Waals surface area contributed by atoms with E-state index in [1.54, 1.807) is 0 Å². The van der Waals surface area contributed by atoms with Crippen molar-refractivity contribution in [1.82, 2.24) is 15.0 Å². The molecule has 0 fully saturated rings. The summed E-state index contributed by atoms with van der Waals surface area (Å²) >= 11 is 6.17. The second-order valence-electron chi connectivity index (χ2n) is 8.69. The Bertz CT molecular complexity index is 1910. The molecule has 0 spiro atoms. The minimum atomic E-state index is 0.590. The van der Waals surface area contributed by atoms with Crippen molar-refractivity contribution in [2.24, 2.45) is 0 Å². The van der Waals surface area contributed by atoms with Gasteiger partial charge in [0.25, 0.3) is 0 Å². The molecule has 7 aromatic rings. The lowest BCUT2D eigenvalue weighted by molar-refractivity contribution is 0.669. The first-order chi connectivity index (χ1) is 17.7. The van der Waals surface area contributed by atoms with Crippen LogP contribution in [0.5, 0.6) is 0 Å². The van der Waals surface area contributed by atoms with Crippen molar-refractivity contribution in [2.45, 2.75) is 0 Å². The summed E-state index contributed by atoms with van der Waals surface area (Å²) in [6.45, 7) is 0. The van der Waals surface area contributed by atoms with Gasteiger partial charge in [0.05, 0.1) is 0 Å². The molecule has 5 aromatic carbocycles. The van der Waals surface area contributed by atoms with E-state index < -0.39 is 0 Å². The van der Waals surface area contributed by atoms with Gasteiger partial charge in [-0.1, -0.05) is 84.4 Å². The van der Waals surface area contributed by atoms with Crippen LogP contribution < -0.4 is 0 Å². The fraction of sp³-hybridized carbons (Fsp3) is 0. The number of hydrogen-bond donors (Lipinski definition) is 0. The van der Waals surface area contributed by atoms with Crippen molar-refractivity contribution >= 4 is 44.3 Å². The topological polar surface area (TPSA) is 51.8 Å². The summed E-state index contributed by atoms with van der Waals surface area (Å²) in [5.41, 5.74) is 4.25. The third-order valence-electron chi connectivity index (χ3n) is 6.37. The van der Waals surface area contributed by atoms with Gasteiger partial charge in [-0.2, -0.15) is 0 Å². The first-order valence-corrected chi connectivity index (χ1v) is 12.0. The highest BCUT2D eigenvalue weighted by Crippen LogP contribution is 2.34. The molecule has 0 N–H and O–H groups in total. The molecule has 2 heterocycles. The van der Waals surface area contributed by atoms with Crippen molar-refractivity contribution in [2.75, 3.05) is 0 Å². The Hall–Kier alpha value is -4.54. The maximum atomic E-state index is 6.17. The molecule has 0 aliphatic rings. The Balaban J connectivity index is 1.43. The van der Waals surface area contributed by atoms with E-state index in [1.165, 1.54) is 5.39 Å². The van der Waals surface area contributed by atoms with Crippen LogP contribution >= 0.6 is 11.6 Å². The van der Waals surface area contributed by atoms with E-state index in [2.05, 4.69) is 30.3 Å². The van der Waals surface area contributed by atoms with Gasteiger partial charge in [-0.25, -0.2) is 15.0 Å². The van der Waals surface area contributed by atoms with Gasteiger partial charge in [0.15, 0.2) is 17.5 Å². The average Bonchev–Trinajstić information content (AvgIpc) is 3.29. The molecule has 0 atom stereocenters. The molecule has 0 unspecified atom stereocenters. The van der Waals surface area contributed by atoms with E-state index in [9.17, 15) is 0 Å². The highest BCUT2D eigenvalue weighted by atomic mass is 35.5. The summed E-state index contributed by atoms with van der Waals surface area (Å²) in [5.74, 6) is 1.84. The lowest BCUT2D eigenvalue weighted by Crippen LogP contribution is -2.00. The van der Waals surface area contributed by atoms with Crippen molar-refractivity contribution in [3.8, 4) is 34.2 Å². The Morgan fingerprint density at radius 2 is 1.06 bits per heavy atom. The molecule has 0 aliphatic carbocycles. The van der Waals surface area contributed by atoms with E-state index in [-0.39, 0.29) is 0 Å². The van der Waals surface area contributed by atoms with Crippen molar-refractivity contribution in [3.05, 3.63) is 114 Å². The van der Waals surface area contributed by atoms with Crippen LogP contribution in [0.25, 0.3) is 66.9 Å². The molecule has 36 heavy (non-hydrogen) atoms. The van der Waals surface area contributed by atoms with Crippen LogP contribution in [0.4, 0.5) is 0 Å². The van der Waals surface area contributed by atoms with E-state index in [0.717, 1.165) is 44.0 Å². The number of fused-ring (bicyclic) bond motifs is 4. The quantitative estimate of drug-likeness (QED) is 0.252. The minimum absolute atomic E-state index is 0.590. The first-order valence-electron chi connectivity index (χ1n) is 11.6. The fourth-order valence-electron chi connectivity index (χ4n) is 4.57. The second-order valence-corrected chi connectivity index (χ2v) is 9.12. The number of aromatic nitrogens is 3. The van der Waals surface area contributed by atoms with Crippen LogP contribution in [0, 0.1) is 0 Å². The fourth-order valence-corrected chi connectivity index (χ4v) is 4.73. The van der Waals surface area contributed by atoms with Gasteiger partial charge < -0.3 is 4.42 Å². The number of benzene rings is 5. The molecule has 0 radical (unpaired) electrons. The molecule has 7 rings (SSSR count). The molecule has 170 valence electrons. The summed E-state index contributed by atoms with van der Waals surface area (Å²) in [7, 11) is 0. The van der Waals surface area contributed by atoms with Gasteiger partial charge in [-0.15, -0.1) is 0 Å². The van der Waals surface area contributed by atoms with Crippen LogP contribution in [0.1, 0.15) is 0 Å². The molecule has 0 amide bonds. The highest BCUT2D eigenvalue weighted by Gasteiger charge is 2.15. The van der Waals surface area contributed by atoms with Gasteiger partial charge in [0.2, 0.25) is 0 Å². The monoisotopic (exact) mass is 483 g/mol. The summed E-state index contributed by atoms with van der Waals surface area (Å²) in [5, 5.41) is 5.01. The summed E-state index contributed by atoms with van der Waals surface area (Å²) in [4.78, 5) is 14.6. The normalized spacial score (nSPS) is 11.5. The molecular formula is C31H18ClN3O. The third kappa shape index (κ3) is 3.60. The smallest absolute Gasteiger partial charge is 0.164 e. The SMILES string of the molecule is Clc1ccc2c(c1)oc1cc(-c3nc(-c4ccccc4)nc(-c4ccc5ccccc5c4)n3)ccc12. The molecule has 0 saturated carbocycles. The lowest BCUT2D eigenvalue weighted by atomic mass is 10.1. The highest BCUT2D eigenvalue weighted by molar-refractivity contribution is 6.31. The summed E-state index contributed by atoms with van der Waals surface area (Å²) in [6, 6.07) is 36.3. The van der Waals surface area contributed by atoms with Crippen LogP contribution in [-0.4, -0.2) is 15.0 Å². The summed E-state index contributed by atoms with van der Waals surface area (Å²) < 4.78 is 6.12. The molecule has 2 aromatic heterocycles.